The molecule has 1 aliphatic rings. The molecule has 0 heterocycles. The van der Waals surface area contributed by atoms with E-state index in [0.29, 0.717) is 19.6 Å². The van der Waals surface area contributed by atoms with Crippen molar-refractivity contribution in [1.82, 2.24) is 5.32 Å². The van der Waals surface area contributed by atoms with Crippen molar-refractivity contribution >= 4 is 11.7 Å². The van der Waals surface area contributed by atoms with Gasteiger partial charge in [-0.25, -0.2) is 4.79 Å². The molecule has 0 spiro atoms. The van der Waals surface area contributed by atoms with Gasteiger partial charge in [0, 0.05) is 25.4 Å². The smallest absolute Gasteiger partial charge is 0.319 e. The normalized spacial score (nSPS) is 14.6. The van der Waals surface area contributed by atoms with Crippen LogP contribution in [-0.2, 0) is 11.3 Å². The zero-order valence-electron chi connectivity index (χ0n) is 14.1. The molecule has 2 amide bonds. The maximum atomic E-state index is 12.0. The summed E-state index contributed by atoms with van der Waals surface area (Å²) in [6, 6.07) is 7.49. The maximum absolute atomic E-state index is 12.0. The predicted octanol–water partition coefficient (Wildman–Crippen LogP) is 3.14. The third kappa shape index (κ3) is 7.01. The minimum atomic E-state index is -0.230. The number of amides is 2. The highest BCUT2D eigenvalue weighted by Crippen LogP contribution is 2.29. The van der Waals surface area contributed by atoms with Crippen molar-refractivity contribution in [2.24, 2.45) is 11.3 Å². The Labute approximate surface area is 138 Å². The van der Waals surface area contributed by atoms with Gasteiger partial charge in [-0.2, -0.15) is 0 Å². The number of urea groups is 1. The van der Waals surface area contributed by atoms with Gasteiger partial charge in [0.2, 0.25) is 0 Å². The third-order valence-corrected chi connectivity index (χ3v) is 4.02. The first-order chi connectivity index (χ1) is 11.0. The van der Waals surface area contributed by atoms with E-state index in [0.717, 1.165) is 23.8 Å². The molecule has 0 bridgehead atoms. The Morgan fingerprint density at radius 3 is 2.87 bits per heavy atom. The van der Waals surface area contributed by atoms with Crippen LogP contribution in [0.2, 0.25) is 0 Å². The van der Waals surface area contributed by atoms with Crippen LogP contribution in [0.15, 0.2) is 24.3 Å². The molecular weight excluding hydrogens is 292 g/mol. The number of anilines is 1. The Bertz CT molecular complexity index is 513. The molecule has 0 aliphatic heterocycles. The standard InChI is InChI=1S/C18H28N2O3/c1-18(2,8-9-21)13-19-17(22)20-16-5-3-4-15(10-16)12-23-11-14-6-7-14/h3-5,10,14,21H,6-9,11-13H2,1-2H3,(H2,19,20,22). The first kappa shape index (κ1) is 17.8. The number of nitrogens with one attached hydrogen (secondary N) is 2. The minimum Gasteiger partial charge on any atom is -0.396 e. The van der Waals surface area contributed by atoms with Crippen LogP contribution in [0.25, 0.3) is 0 Å². The van der Waals surface area contributed by atoms with Crippen molar-refractivity contribution < 1.29 is 14.6 Å². The Balaban J connectivity index is 1.75. The Morgan fingerprint density at radius 1 is 1.39 bits per heavy atom. The summed E-state index contributed by atoms with van der Waals surface area (Å²) in [5, 5.41) is 14.7. The molecule has 1 aromatic rings. The van der Waals surface area contributed by atoms with Crippen LogP contribution in [0, 0.1) is 11.3 Å². The second-order valence-electron chi connectivity index (χ2n) is 7.10. The summed E-state index contributed by atoms with van der Waals surface area (Å²) in [6.45, 7) is 6.08. The average Bonchev–Trinajstić information content (AvgIpc) is 3.30. The fourth-order valence-electron chi connectivity index (χ4n) is 2.25. The molecule has 0 atom stereocenters. The molecule has 0 radical (unpaired) electrons. The molecule has 2 rings (SSSR count). The molecule has 3 N–H and O–H groups in total. The average molecular weight is 320 g/mol. The van der Waals surface area contributed by atoms with Crippen molar-refractivity contribution in [3.63, 3.8) is 0 Å². The summed E-state index contributed by atoms with van der Waals surface area (Å²) in [7, 11) is 0. The second-order valence-corrected chi connectivity index (χ2v) is 7.10. The van der Waals surface area contributed by atoms with Crippen molar-refractivity contribution in [3.8, 4) is 0 Å². The molecule has 0 aromatic heterocycles. The van der Waals surface area contributed by atoms with Crippen LogP contribution in [0.3, 0.4) is 0 Å². The Hall–Kier alpha value is -1.59. The molecule has 0 unspecified atom stereocenters. The van der Waals surface area contributed by atoms with E-state index in [9.17, 15) is 4.79 Å². The first-order valence-electron chi connectivity index (χ1n) is 8.31. The zero-order chi connectivity index (χ0) is 16.7. The van der Waals surface area contributed by atoms with Gasteiger partial charge in [0.05, 0.1) is 6.61 Å². The number of carbonyl (C=O) groups excluding carboxylic acids is 1. The van der Waals surface area contributed by atoms with Gasteiger partial charge < -0.3 is 20.5 Å². The number of rotatable bonds is 9. The summed E-state index contributed by atoms with van der Waals surface area (Å²) >= 11 is 0. The highest BCUT2D eigenvalue weighted by Gasteiger charge is 2.21. The van der Waals surface area contributed by atoms with E-state index in [1.807, 2.05) is 38.1 Å². The molecule has 128 valence electrons. The molecule has 23 heavy (non-hydrogen) atoms. The van der Waals surface area contributed by atoms with Crippen LogP contribution < -0.4 is 10.6 Å². The molecule has 1 fully saturated rings. The Morgan fingerprint density at radius 2 is 2.17 bits per heavy atom. The monoisotopic (exact) mass is 320 g/mol. The molecule has 5 nitrogen and oxygen atoms in total. The number of benzene rings is 1. The van der Waals surface area contributed by atoms with Gasteiger partial charge in [0.15, 0.2) is 0 Å². The largest absolute Gasteiger partial charge is 0.396 e. The van der Waals surface area contributed by atoms with Crippen molar-refractivity contribution in [2.75, 3.05) is 25.1 Å². The van der Waals surface area contributed by atoms with Gasteiger partial charge in [-0.05, 0) is 48.3 Å². The molecular formula is C18H28N2O3. The van der Waals surface area contributed by atoms with E-state index in [4.69, 9.17) is 9.84 Å². The summed E-state index contributed by atoms with van der Waals surface area (Å²) < 4.78 is 5.67. The van der Waals surface area contributed by atoms with Crippen molar-refractivity contribution in [3.05, 3.63) is 29.8 Å². The minimum absolute atomic E-state index is 0.120. The second kappa shape index (κ2) is 8.31. The summed E-state index contributed by atoms with van der Waals surface area (Å²) in [6.07, 6.45) is 3.23. The molecule has 1 aliphatic carbocycles. The number of aliphatic hydroxyl groups is 1. The predicted molar refractivity (Wildman–Crippen MR) is 91.3 cm³/mol. The van der Waals surface area contributed by atoms with E-state index in [1.165, 1.54) is 12.8 Å². The van der Waals surface area contributed by atoms with Crippen LogP contribution >= 0.6 is 0 Å². The van der Waals surface area contributed by atoms with E-state index >= 15 is 0 Å². The van der Waals surface area contributed by atoms with Gasteiger partial charge in [0.25, 0.3) is 0 Å². The van der Waals surface area contributed by atoms with Gasteiger partial charge in [-0.1, -0.05) is 26.0 Å². The number of ether oxygens (including phenoxy) is 1. The quantitative estimate of drug-likeness (QED) is 0.654. The molecule has 1 saturated carbocycles. The van der Waals surface area contributed by atoms with Gasteiger partial charge in [-0.3, -0.25) is 0 Å². The van der Waals surface area contributed by atoms with E-state index in [-0.39, 0.29) is 18.1 Å². The fourth-order valence-corrected chi connectivity index (χ4v) is 2.25. The van der Waals surface area contributed by atoms with Crippen LogP contribution in [0.1, 0.15) is 38.7 Å². The molecule has 1 aromatic carbocycles. The lowest BCUT2D eigenvalue weighted by atomic mass is 9.90. The summed E-state index contributed by atoms with van der Waals surface area (Å²) in [5.41, 5.74) is 1.70. The highest BCUT2D eigenvalue weighted by atomic mass is 16.5. The molecule has 0 saturated heterocycles. The number of hydrogen-bond donors (Lipinski definition) is 3. The van der Waals surface area contributed by atoms with E-state index < -0.39 is 0 Å². The Kier molecular flexibility index (Phi) is 6.42. The van der Waals surface area contributed by atoms with Crippen molar-refractivity contribution in [2.45, 2.75) is 39.7 Å². The summed E-state index contributed by atoms with van der Waals surface area (Å²) in [5.74, 6) is 0.754. The molecule has 5 heteroatoms. The lowest BCUT2D eigenvalue weighted by Crippen LogP contribution is -2.37. The lowest BCUT2D eigenvalue weighted by molar-refractivity contribution is 0.111. The fraction of sp³-hybridized carbons (Fsp3) is 0.611. The first-order valence-corrected chi connectivity index (χ1v) is 8.31. The van der Waals surface area contributed by atoms with Gasteiger partial charge in [0.1, 0.15) is 0 Å². The SMILES string of the molecule is CC(C)(CCO)CNC(=O)Nc1cccc(COCC2CC2)c1. The number of aliphatic hydroxyl groups excluding tert-OH is 1. The van der Waals surface area contributed by atoms with Crippen LogP contribution in [-0.4, -0.2) is 30.9 Å². The van der Waals surface area contributed by atoms with E-state index in [2.05, 4.69) is 10.6 Å². The topological polar surface area (TPSA) is 70.6 Å². The maximum Gasteiger partial charge on any atom is 0.319 e. The number of carbonyl (C=O) groups is 1. The van der Waals surface area contributed by atoms with E-state index in [1.54, 1.807) is 0 Å². The van der Waals surface area contributed by atoms with Crippen LogP contribution in [0.4, 0.5) is 10.5 Å². The van der Waals surface area contributed by atoms with Gasteiger partial charge in [-0.15, -0.1) is 0 Å². The number of hydrogen-bond acceptors (Lipinski definition) is 3. The van der Waals surface area contributed by atoms with Crippen molar-refractivity contribution in [1.29, 1.82) is 0 Å². The highest BCUT2D eigenvalue weighted by molar-refractivity contribution is 5.89. The zero-order valence-corrected chi connectivity index (χ0v) is 14.1. The lowest BCUT2D eigenvalue weighted by Gasteiger charge is -2.23. The summed E-state index contributed by atoms with van der Waals surface area (Å²) in [4.78, 5) is 12.0. The van der Waals surface area contributed by atoms with Crippen LogP contribution in [0.5, 0.6) is 0 Å². The van der Waals surface area contributed by atoms with Gasteiger partial charge >= 0.3 is 6.03 Å². The third-order valence-electron chi connectivity index (χ3n) is 4.02.